The Hall–Kier alpha value is -1.10. The van der Waals surface area contributed by atoms with Crippen LogP contribution in [0.4, 0.5) is 0 Å². The highest BCUT2D eigenvalue weighted by Gasteiger charge is 2.39. The number of carbonyl (C=O) groups is 2. The van der Waals surface area contributed by atoms with Crippen LogP contribution in [0.25, 0.3) is 0 Å². The summed E-state index contributed by atoms with van der Waals surface area (Å²) >= 11 is 0. The molecule has 0 aliphatic carbocycles. The summed E-state index contributed by atoms with van der Waals surface area (Å²) in [5, 5.41) is 12.0. The fourth-order valence-corrected chi connectivity index (χ4v) is 3.29. The van der Waals surface area contributed by atoms with E-state index in [1.165, 1.54) is 6.42 Å². The minimum Gasteiger partial charge on any atom is -0.480 e. The highest BCUT2D eigenvalue weighted by Crippen LogP contribution is 2.27. The first-order valence-electron chi connectivity index (χ1n) is 8.32. The molecule has 1 aliphatic rings. The number of likely N-dealkylation sites (tertiary alicyclic amines) is 1. The van der Waals surface area contributed by atoms with E-state index in [1.807, 2.05) is 27.7 Å². The third kappa shape index (κ3) is 4.97. The van der Waals surface area contributed by atoms with Crippen LogP contribution < -0.4 is 5.32 Å². The highest BCUT2D eigenvalue weighted by atomic mass is 16.4. The summed E-state index contributed by atoms with van der Waals surface area (Å²) in [7, 11) is 0. The van der Waals surface area contributed by atoms with Gasteiger partial charge >= 0.3 is 5.97 Å². The van der Waals surface area contributed by atoms with Gasteiger partial charge in [0, 0.05) is 13.1 Å². The predicted octanol–water partition coefficient (Wildman–Crippen LogP) is 2.36. The van der Waals surface area contributed by atoms with Gasteiger partial charge in [-0.3, -0.25) is 9.69 Å². The Bertz CT molecular complexity index is 397. The van der Waals surface area contributed by atoms with Crippen LogP contribution >= 0.6 is 0 Å². The van der Waals surface area contributed by atoms with Crippen molar-refractivity contribution in [1.82, 2.24) is 10.2 Å². The van der Waals surface area contributed by atoms with Gasteiger partial charge in [0.25, 0.3) is 0 Å². The molecule has 3 unspecified atom stereocenters. The molecule has 1 aliphatic heterocycles. The number of nitrogens with one attached hydrogen (secondary N) is 1. The predicted molar refractivity (Wildman–Crippen MR) is 87.6 cm³/mol. The number of hydrogen-bond donors (Lipinski definition) is 2. The molecule has 0 aromatic heterocycles. The van der Waals surface area contributed by atoms with Crippen LogP contribution in [0.3, 0.4) is 0 Å². The van der Waals surface area contributed by atoms with Crippen LogP contribution in [0.15, 0.2) is 0 Å². The number of nitrogens with zero attached hydrogens (tertiary/aromatic N) is 1. The molecule has 0 saturated carbocycles. The van der Waals surface area contributed by atoms with E-state index in [4.69, 9.17) is 0 Å². The zero-order chi connectivity index (χ0) is 17.1. The molecule has 0 aromatic rings. The van der Waals surface area contributed by atoms with Gasteiger partial charge in [0.15, 0.2) is 0 Å². The van der Waals surface area contributed by atoms with Gasteiger partial charge in [-0.25, -0.2) is 4.79 Å². The second kappa shape index (κ2) is 7.44. The SMILES string of the molecule is CC(C)CC(NC(=O)C(C)(C)N1CC(C)CC(C)C1)C(=O)O. The highest BCUT2D eigenvalue weighted by molar-refractivity contribution is 5.89. The maximum absolute atomic E-state index is 12.7. The molecule has 0 spiro atoms. The summed E-state index contributed by atoms with van der Waals surface area (Å²) in [4.78, 5) is 26.2. The fourth-order valence-electron chi connectivity index (χ4n) is 3.29. The summed E-state index contributed by atoms with van der Waals surface area (Å²) in [5.74, 6) is 0.183. The lowest BCUT2D eigenvalue weighted by Crippen LogP contribution is -2.60. The number of hydrogen-bond acceptors (Lipinski definition) is 3. The lowest BCUT2D eigenvalue weighted by molar-refractivity contribution is -0.145. The smallest absolute Gasteiger partial charge is 0.326 e. The topological polar surface area (TPSA) is 69.6 Å². The van der Waals surface area contributed by atoms with E-state index in [1.54, 1.807) is 0 Å². The molecule has 0 aromatic carbocycles. The van der Waals surface area contributed by atoms with E-state index in [-0.39, 0.29) is 11.8 Å². The Morgan fingerprint density at radius 2 is 1.73 bits per heavy atom. The molecule has 128 valence electrons. The van der Waals surface area contributed by atoms with Gasteiger partial charge in [0.1, 0.15) is 6.04 Å². The van der Waals surface area contributed by atoms with Gasteiger partial charge in [-0.1, -0.05) is 27.7 Å². The van der Waals surface area contributed by atoms with Crippen molar-refractivity contribution in [3.8, 4) is 0 Å². The molecule has 22 heavy (non-hydrogen) atoms. The van der Waals surface area contributed by atoms with E-state index < -0.39 is 17.6 Å². The van der Waals surface area contributed by atoms with Crippen molar-refractivity contribution in [2.24, 2.45) is 17.8 Å². The van der Waals surface area contributed by atoms with E-state index >= 15 is 0 Å². The summed E-state index contributed by atoms with van der Waals surface area (Å²) in [6.07, 6.45) is 1.63. The molecular formula is C17H32N2O3. The van der Waals surface area contributed by atoms with E-state index in [0.717, 1.165) is 13.1 Å². The minimum atomic E-state index is -0.960. The van der Waals surface area contributed by atoms with E-state index in [9.17, 15) is 14.7 Å². The van der Waals surface area contributed by atoms with Crippen LogP contribution in [0.5, 0.6) is 0 Å². The van der Waals surface area contributed by atoms with Gasteiger partial charge in [0.2, 0.25) is 5.91 Å². The second-order valence-corrected chi connectivity index (χ2v) is 7.90. The molecule has 5 heteroatoms. The van der Waals surface area contributed by atoms with Gasteiger partial charge < -0.3 is 10.4 Å². The molecule has 5 nitrogen and oxygen atoms in total. The molecule has 2 N–H and O–H groups in total. The number of amides is 1. The summed E-state index contributed by atoms with van der Waals surface area (Å²) in [6.45, 7) is 13.9. The maximum Gasteiger partial charge on any atom is 0.326 e. The van der Waals surface area contributed by atoms with Crippen molar-refractivity contribution >= 4 is 11.9 Å². The maximum atomic E-state index is 12.7. The third-order valence-electron chi connectivity index (χ3n) is 4.53. The van der Waals surface area contributed by atoms with Crippen molar-refractivity contribution in [3.63, 3.8) is 0 Å². The van der Waals surface area contributed by atoms with Crippen molar-refractivity contribution in [1.29, 1.82) is 0 Å². The number of rotatable bonds is 6. The Kier molecular flexibility index (Phi) is 6.41. The zero-order valence-electron chi connectivity index (χ0n) is 14.8. The van der Waals surface area contributed by atoms with Crippen LogP contribution in [0.2, 0.25) is 0 Å². The van der Waals surface area contributed by atoms with Crippen molar-refractivity contribution < 1.29 is 14.7 Å². The van der Waals surface area contributed by atoms with Crippen molar-refractivity contribution in [3.05, 3.63) is 0 Å². The summed E-state index contributed by atoms with van der Waals surface area (Å²) in [5.41, 5.74) is -0.687. The van der Waals surface area contributed by atoms with E-state index in [2.05, 4.69) is 24.1 Å². The average Bonchev–Trinajstić information content (AvgIpc) is 2.35. The number of carbonyl (C=O) groups excluding carboxylic acids is 1. The molecule has 0 radical (unpaired) electrons. The van der Waals surface area contributed by atoms with Gasteiger partial charge in [-0.15, -0.1) is 0 Å². The second-order valence-electron chi connectivity index (χ2n) is 7.90. The number of carboxylic acids is 1. The molecule has 1 fully saturated rings. The Balaban J connectivity index is 2.78. The number of carboxylic acid groups (broad SMARTS) is 1. The Morgan fingerprint density at radius 1 is 1.23 bits per heavy atom. The van der Waals surface area contributed by atoms with Crippen LogP contribution in [0.1, 0.15) is 54.4 Å². The summed E-state index contributed by atoms with van der Waals surface area (Å²) in [6, 6.07) is -0.814. The molecule has 1 saturated heterocycles. The largest absolute Gasteiger partial charge is 0.480 e. The lowest BCUT2D eigenvalue weighted by atomic mass is 9.87. The molecule has 1 rings (SSSR count). The van der Waals surface area contributed by atoms with Crippen molar-refractivity contribution in [2.75, 3.05) is 13.1 Å². The van der Waals surface area contributed by atoms with Gasteiger partial charge in [0.05, 0.1) is 5.54 Å². The monoisotopic (exact) mass is 312 g/mol. The molecule has 3 atom stereocenters. The molecule has 1 heterocycles. The lowest BCUT2D eigenvalue weighted by Gasteiger charge is -2.44. The third-order valence-corrected chi connectivity index (χ3v) is 4.53. The fraction of sp³-hybridized carbons (Fsp3) is 0.882. The standard InChI is InChI=1S/C17H32N2O3/c1-11(2)7-14(15(20)21)18-16(22)17(5,6)19-9-12(3)8-13(4)10-19/h11-14H,7-10H2,1-6H3,(H,18,22)(H,20,21). The Morgan fingerprint density at radius 3 is 2.14 bits per heavy atom. The van der Waals surface area contributed by atoms with Gasteiger partial charge in [-0.05, 0) is 44.4 Å². The first-order chi connectivity index (χ1) is 10.0. The van der Waals surface area contributed by atoms with Crippen LogP contribution in [-0.4, -0.2) is 46.6 Å². The first-order valence-corrected chi connectivity index (χ1v) is 8.32. The number of aliphatic carboxylic acids is 1. The average molecular weight is 312 g/mol. The van der Waals surface area contributed by atoms with Crippen LogP contribution in [-0.2, 0) is 9.59 Å². The molecule has 1 amide bonds. The Labute approximate surface area is 134 Å². The molecular weight excluding hydrogens is 280 g/mol. The zero-order valence-corrected chi connectivity index (χ0v) is 14.8. The van der Waals surface area contributed by atoms with Gasteiger partial charge in [-0.2, -0.15) is 0 Å². The summed E-state index contributed by atoms with van der Waals surface area (Å²) < 4.78 is 0. The quantitative estimate of drug-likeness (QED) is 0.790. The van der Waals surface area contributed by atoms with E-state index in [0.29, 0.717) is 18.3 Å². The number of piperidine rings is 1. The van der Waals surface area contributed by atoms with Crippen molar-refractivity contribution in [2.45, 2.75) is 66.0 Å². The normalized spacial score (nSPS) is 25.0. The first kappa shape index (κ1) is 18.9. The van der Waals surface area contributed by atoms with Crippen LogP contribution in [0, 0.1) is 17.8 Å². The minimum absolute atomic E-state index is 0.193. The molecule has 0 bridgehead atoms.